The van der Waals surface area contributed by atoms with E-state index in [0.717, 1.165) is 18.4 Å². The average molecular weight is 308 g/mol. The second-order valence-corrected chi connectivity index (χ2v) is 5.56. The summed E-state index contributed by atoms with van der Waals surface area (Å²) in [7, 11) is 0. The van der Waals surface area contributed by atoms with E-state index in [2.05, 4.69) is 16.0 Å². The quantitative estimate of drug-likeness (QED) is 0.916. The maximum absolute atomic E-state index is 12.5. The predicted molar refractivity (Wildman–Crippen MR) is 84.5 cm³/mol. The van der Waals surface area contributed by atoms with Crippen molar-refractivity contribution in [2.45, 2.75) is 12.8 Å². The van der Waals surface area contributed by atoms with Crippen LogP contribution in [-0.2, 0) is 0 Å². The molecule has 1 amide bonds. The molecule has 1 fully saturated rings. The van der Waals surface area contributed by atoms with E-state index in [4.69, 9.17) is 5.26 Å². The maximum Gasteiger partial charge on any atom is 0.264 e. The molecule has 0 saturated carbocycles. The van der Waals surface area contributed by atoms with Gasteiger partial charge in [0.15, 0.2) is 0 Å². The van der Waals surface area contributed by atoms with Gasteiger partial charge >= 0.3 is 0 Å². The van der Waals surface area contributed by atoms with Gasteiger partial charge in [-0.25, -0.2) is 4.98 Å². The molecule has 116 valence electrons. The molecule has 6 nitrogen and oxygen atoms in total. The first-order valence-electron chi connectivity index (χ1n) is 7.52. The standard InChI is InChI=1S/C17H16N4O2/c18-9-12-5-4-8-21(11-12)17(23)14-10-19-15(20-16(14)22)13-6-2-1-3-7-13/h1-3,6-7,10,12H,4-5,8,11H2,(H,19,20,22)/t12-/m1/s1. The van der Waals surface area contributed by atoms with E-state index >= 15 is 0 Å². The van der Waals surface area contributed by atoms with Crippen LogP contribution in [0.15, 0.2) is 41.3 Å². The van der Waals surface area contributed by atoms with Crippen molar-refractivity contribution in [1.82, 2.24) is 14.9 Å². The number of nitrogens with one attached hydrogen (secondary N) is 1. The van der Waals surface area contributed by atoms with E-state index in [1.807, 2.05) is 30.3 Å². The van der Waals surface area contributed by atoms with Gasteiger partial charge in [0.1, 0.15) is 11.4 Å². The minimum absolute atomic E-state index is 0.0169. The predicted octanol–water partition coefficient (Wildman–Crippen LogP) is 1.81. The molecule has 1 saturated heterocycles. The molecule has 23 heavy (non-hydrogen) atoms. The number of rotatable bonds is 2. The molecule has 2 aromatic rings. The van der Waals surface area contributed by atoms with Crippen LogP contribution in [-0.4, -0.2) is 33.9 Å². The highest BCUT2D eigenvalue weighted by molar-refractivity contribution is 5.93. The van der Waals surface area contributed by atoms with Gasteiger partial charge in [-0.15, -0.1) is 0 Å². The van der Waals surface area contributed by atoms with E-state index < -0.39 is 5.56 Å². The highest BCUT2D eigenvalue weighted by Gasteiger charge is 2.26. The lowest BCUT2D eigenvalue weighted by molar-refractivity contribution is 0.0696. The summed E-state index contributed by atoms with van der Waals surface area (Å²) in [6, 6.07) is 11.4. The lowest BCUT2D eigenvalue weighted by atomic mass is 9.99. The summed E-state index contributed by atoms with van der Waals surface area (Å²) >= 11 is 0. The molecule has 1 aromatic heterocycles. The van der Waals surface area contributed by atoms with Crippen molar-refractivity contribution in [3.63, 3.8) is 0 Å². The zero-order valence-electron chi connectivity index (χ0n) is 12.5. The zero-order chi connectivity index (χ0) is 16.2. The fourth-order valence-electron chi connectivity index (χ4n) is 2.73. The van der Waals surface area contributed by atoms with Crippen LogP contribution in [0.2, 0.25) is 0 Å². The highest BCUT2D eigenvalue weighted by atomic mass is 16.2. The Morgan fingerprint density at radius 3 is 2.83 bits per heavy atom. The number of aromatic nitrogens is 2. The van der Waals surface area contributed by atoms with Crippen LogP contribution >= 0.6 is 0 Å². The minimum atomic E-state index is -0.456. The number of carbonyl (C=O) groups is 1. The number of amides is 1. The SMILES string of the molecule is N#C[C@H]1CCCN(C(=O)c2cnc(-c3ccccc3)[nH]c2=O)C1. The van der Waals surface area contributed by atoms with Crippen molar-refractivity contribution in [2.75, 3.05) is 13.1 Å². The fourth-order valence-corrected chi connectivity index (χ4v) is 2.73. The summed E-state index contributed by atoms with van der Waals surface area (Å²) in [4.78, 5) is 33.1. The summed E-state index contributed by atoms with van der Waals surface area (Å²) in [6.45, 7) is 0.937. The van der Waals surface area contributed by atoms with Crippen LogP contribution in [0.4, 0.5) is 0 Å². The third kappa shape index (κ3) is 3.14. The summed E-state index contributed by atoms with van der Waals surface area (Å²) in [5, 5.41) is 9.01. The van der Waals surface area contributed by atoms with E-state index in [1.54, 1.807) is 4.90 Å². The Morgan fingerprint density at radius 1 is 1.35 bits per heavy atom. The van der Waals surface area contributed by atoms with Crippen LogP contribution in [0.3, 0.4) is 0 Å². The molecule has 2 heterocycles. The van der Waals surface area contributed by atoms with Crippen molar-refractivity contribution >= 4 is 5.91 Å². The first-order chi connectivity index (χ1) is 11.2. The molecule has 1 N–H and O–H groups in total. The molecule has 0 spiro atoms. The Balaban J connectivity index is 1.85. The topological polar surface area (TPSA) is 89.8 Å². The van der Waals surface area contributed by atoms with E-state index in [9.17, 15) is 9.59 Å². The number of piperidine rings is 1. The second-order valence-electron chi connectivity index (χ2n) is 5.56. The normalized spacial score (nSPS) is 17.5. The van der Waals surface area contributed by atoms with E-state index in [-0.39, 0.29) is 17.4 Å². The number of likely N-dealkylation sites (tertiary alicyclic amines) is 1. The van der Waals surface area contributed by atoms with Gasteiger partial charge in [-0.1, -0.05) is 30.3 Å². The van der Waals surface area contributed by atoms with Gasteiger partial charge in [0.05, 0.1) is 12.0 Å². The number of carbonyl (C=O) groups excluding carboxylic acids is 1. The van der Waals surface area contributed by atoms with Gasteiger partial charge in [-0.3, -0.25) is 9.59 Å². The number of hydrogen-bond acceptors (Lipinski definition) is 4. The molecule has 1 aromatic carbocycles. The second kappa shape index (κ2) is 6.44. The van der Waals surface area contributed by atoms with Gasteiger partial charge in [-0.05, 0) is 12.8 Å². The molecule has 0 bridgehead atoms. The number of nitrogens with zero attached hydrogens (tertiary/aromatic N) is 3. The van der Waals surface area contributed by atoms with Gasteiger partial charge in [0.25, 0.3) is 11.5 Å². The van der Waals surface area contributed by atoms with Crippen LogP contribution in [0, 0.1) is 17.2 Å². The van der Waals surface area contributed by atoms with E-state index in [1.165, 1.54) is 6.20 Å². The molecular weight excluding hydrogens is 292 g/mol. The largest absolute Gasteiger partial charge is 0.337 e. The fraction of sp³-hybridized carbons (Fsp3) is 0.294. The van der Waals surface area contributed by atoms with Gasteiger partial charge in [-0.2, -0.15) is 5.26 Å². The Morgan fingerprint density at radius 2 is 2.13 bits per heavy atom. The molecule has 1 atom stereocenters. The molecule has 0 aliphatic carbocycles. The maximum atomic E-state index is 12.5. The van der Waals surface area contributed by atoms with Crippen molar-refractivity contribution in [2.24, 2.45) is 5.92 Å². The van der Waals surface area contributed by atoms with Crippen LogP contribution in [0.25, 0.3) is 11.4 Å². The average Bonchev–Trinajstić information content (AvgIpc) is 2.62. The summed E-state index contributed by atoms with van der Waals surface area (Å²) in [5.41, 5.74) is 0.345. The third-order valence-corrected chi connectivity index (χ3v) is 3.97. The Labute approximate surface area is 133 Å². The number of hydrogen-bond donors (Lipinski definition) is 1. The van der Waals surface area contributed by atoms with Crippen molar-refractivity contribution in [3.8, 4) is 17.5 Å². The van der Waals surface area contributed by atoms with Crippen LogP contribution in [0.5, 0.6) is 0 Å². The Hall–Kier alpha value is -2.94. The third-order valence-electron chi connectivity index (χ3n) is 3.97. The summed E-state index contributed by atoms with van der Waals surface area (Å²) < 4.78 is 0. The van der Waals surface area contributed by atoms with Gasteiger partial charge in [0, 0.05) is 24.8 Å². The molecule has 1 aliphatic rings. The monoisotopic (exact) mass is 308 g/mol. The van der Waals surface area contributed by atoms with Crippen LogP contribution < -0.4 is 5.56 Å². The first-order valence-corrected chi connectivity index (χ1v) is 7.52. The Bertz CT molecular complexity index is 807. The Kier molecular flexibility index (Phi) is 4.20. The smallest absolute Gasteiger partial charge is 0.264 e. The summed E-state index contributed by atoms with van der Waals surface area (Å²) in [5.74, 6) is -0.0951. The molecular formula is C17H16N4O2. The number of H-pyrrole nitrogens is 1. The minimum Gasteiger partial charge on any atom is -0.337 e. The first kappa shape index (κ1) is 15.0. The number of nitriles is 1. The zero-order valence-corrected chi connectivity index (χ0v) is 12.5. The van der Waals surface area contributed by atoms with Gasteiger partial charge in [0.2, 0.25) is 0 Å². The summed E-state index contributed by atoms with van der Waals surface area (Å²) in [6.07, 6.45) is 2.89. The number of benzene rings is 1. The van der Waals surface area contributed by atoms with Crippen LogP contribution in [0.1, 0.15) is 23.2 Å². The van der Waals surface area contributed by atoms with Crippen molar-refractivity contribution in [1.29, 1.82) is 5.26 Å². The lowest BCUT2D eigenvalue weighted by Crippen LogP contribution is -2.41. The molecule has 3 rings (SSSR count). The highest BCUT2D eigenvalue weighted by Crippen LogP contribution is 2.17. The molecule has 0 radical (unpaired) electrons. The molecule has 6 heteroatoms. The van der Waals surface area contributed by atoms with Crippen molar-refractivity contribution < 1.29 is 4.79 Å². The van der Waals surface area contributed by atoms with Crippen molar-refractivity contribution in [3.05, 3.63) is 52.4 Å². The molecule has 0 unspecified atom stereocenters. The number of aromatic amines is 1. The lowest BCUT2D eigenvalue weighted by Gasteiger charge is -2.29. The molecule has 1 aliphatic heterocycles. The van der Waals surface area contributed by atoms with Gasteiger partial charge < -0.3 is 9.88 Å². The van der Waals surface area contributed by atoms with E-state index in [0.29, 0.717) is 18.9 Å².